The molecule has 0 radical (unpaired) electrons. The minimum Gasteiger partial charge on any atom is -0.459 e. The molecular formula is C13H25N3O4. The van der Waals surface area contributed by atoms with Gasteiger partial charge in [0.25, 0.3) is 0 Å². The maximum atomic E-state index is 12.0. The summed E-state index contributed by atoms with van der Waals surface area (Å²) in [7, 11) is 1.67. The molecule has 0 bridgehead atoms. The molecular weight excluding hydrogens is 262 g/mol. The first kappa shape index (κ1) is 18.5. The zero-order valence-corrected chi connectivity index (χ0v) is 12.6. The van der Waals surface area contributed by atoms with Gasteiger partial charge in [0, 0.05) is 12.3 Å². The van der Waals surface area contributed by atoms with Gasteiger partial charge < -0.3 is 20.6 Å². The number of aliphatic hydroxyl groups excluding tert-OH is 1. The smallest absolute Gasteiger partial charge is 0.320 e. The first-order chi connectivity index (χ1) is 9.29. The van der Waals surface area contributed by atoms with Gasteiger partial charge in [-0.25, -0.2) is 0 Å². The van der Waals surface area contributed by atoms with E-state index in [-0.39, 0.29) is 43.8 Å². The number of esters is 1. The number of amides is 1. The Bertz CT molecular complexity index is 345. The van der Waals surface area contributed by atoms with Crippen molar-refractivity contribution in [3.8, 4) is 0 Å². The molecule has 0 aromatic heterocycles. The Morgan fingerprint density at radius 3 is 2.45 bits per heavy atom. The van der Waals surface area contributed by atoms with Gasteiger partial charge in [0.05, 0.1) is 19.2 Å². The Morgan fingerprint density at radius 1 is 1.40 bits per heavy atom. The predicted octanol–water partition coefficient (Wildman–Crippen LogP) is -0.366. The van der Waals surface area contributed by atoms with Crippen LogP contribution < -0.4 is 5.32 Å². The van der Waals surface area contributed by atoms with Crippen LogP contribution in [-0.4, -0.2) is 67.0 Å². The molecule has 0 aliphatic rings. The average Bonchev–Trinajstić information content (AvgIpc) is 2.33. The topological polar surface area (TPSA) is 103 Å². The second-order valence-corrected chi connectivity index (χ2v) is 5.06. The summed E-state index contributed by atoms with van der Waals surface area (Å²) >= 11 is 0. The Morgan fingerprint density at radius 2 is 2.00 bits per heavy atom. The number of carbonyl (C=O) groups is 2. The van der Waals surface area contributed by atoms with E-state index < -0.39 is 12.0 Å². The molecule has 0 rings (SSSR count). The fourth-order valence-corrected chi connectivity index (χ4v) is 1.83. The number of likely N-dealkylation sites (N-methyl/N-ethyl adjacent to an activating group) is 1. The number of rotatable bonds is 9. The highest BCUT2D eigenvalue weighted by Crippen LogP contribution is 2.09. The van der Waals surface area contributed by atoms with Gasteiger partial charge in [-0.1, -0.05) is 13.8 Å². The van der Waals surface area contributed by atoms with Gasteiger partial charge in [-0.3, -0.25) is 14.5 Å². The molecule has 0 aliphatic heterocycles. The molecule has 0 fully saturated rings. The molecule has 0 aromatic carbocycles. The van der Waals surface area contributed by atoms with Crippen molar-refractivity contribution < 1.29 is 19.4 Å². The molecule has 20 heavy (non-hydrogen) atoms. The van der Waals surface area contributed by atoms with Gasteiger partial charge in [-0.05, 0) is 19.9 Å². The van der Waals surface area contributed by atoms with E-state index in [1.54, 1.807) is 18.9 Å². The first-order valence-corrected chi connectivity index (χ1v) is 6.58. The lowest BCUT2D eigenvalue weighted by atomic mass is 10.0. The van der Waals surface area contributed by atoms with E-state index in [0.29, 0.717) is 0 Å². The molecule has 0 saturated heterocycles. The average molecular weight is 287 g/mol. The zero-order valence-electron chi connectivity index (χ0n) is 12.6. The minimum atomic E-state index is -0.477. The monoisotopic (exact) mass is 287 g/mol. The Balaban J connectivity index is 4.49. The summed E-state index contributed by atoms with van der Waals surface area (Å²) in [6, 6.07) is -0.477. The maximum absolute atomic E-state index is 12.0. The fraction of sp³-hybridized carbons (Fsp3) is 0.769. The number of ether oxygens (including phenoxy) is 1. The van der Waals surface area contributed by atoms with Crippen LogP contribution in [0.3, 0.4) is 0 Å². The highest BCUT2D eigenvalue weighted by Gasteiger charge is 2.27. The number of carbonyl (C=O) groups excluding carboxylic acids is 2. The number of nitrogens with one attached hydrogen (secondary N) is 2. The van der Waals surface area contributed by atoms with Gasteiger partial charge in [0.2, 0.25) is 5.91 Å². The summed E-state index contributed by atoms with van der Waals surface area (Å²) < 4.78 is 4.89. The number of hydrogen-bond donors (Lipinski definition) is 3. The van der Waals surface area contributed by atoms with Gasteiger partial charge in [-0.2, -0.15) is 0 Å². The van der Waals surface area contributed by atoms with Crippen molar-refractivity contribution in [2.75, 3.05) is 33.4 Å². The maximum Gasteiger partial charge on any atom is 0.320 e. The van der Waals surface area contributed by atoms with Crippen LogP contribution in [0.25, 0.3) is 0 Å². The number of aliphatic hydroxyl groups is 1. The molecule has 0 unspecified atom stereocenters. The Labute approximate surface area is 119 Å². The minimum absolute atomic E-state index is 0.0102. The van der Waals surface area contributed by atoms with E-state index in [1.165, 1.54) is 0 Å². The zero-order chi connectivity index (χ0) is 15.7. The van der Waals surface area contributed by atoms with E-state index in [0.717, 1.165) is 0 Å². The van der Waals surface area contributed by atoms with E-state index in [9.17, 15) is 9.59 Å². The third kappa shape index (κ3) is 7.20. The summed E-state index contributed by atoms with van der Waals surface area (Å²) in [4.78, 5) is 25.2. The molecule has 0 spiro atoms. The van der Waals surface area contributed by atoms with Crippen molar-refractivity contribution in [1.29, 1.82) is 5.41 Å². The summed E-state index contributed by atoms with van der Waals surface area (Å²) in [5, 5.41) is 18.5. The molecule has 0 saturated carbocycles. The van der Waals surface area contributed by atoms with Crippen molar-refractivity contribution >= 4 is 17.6 Å². The van der Waals surface area contributed by atoms with Crippen LogP contribution in [0.1, 0.15) is 20.8 Å². The lowest BCUT2D eigenvalue weighted by molar-refractivity contribution is -0.144. The van der Waals surface area contributed by atoms with Crippen LogP contribution in [0, 0.1) is 11.3 Å². The SMILES string of the molecule is CC(=N)COC(=O)CN(C)[C@H](C(=O)NCCO)C(C)C. The highest BCUT2D eigenvalue weighted by molar-refractivity contribution is 5.84. The quantitative estimate of drug-likeness (QED) is 0.397. The lowest BCUT2D eigenvalue weighted by Gasteiger charge is -2.29. The molecule has 0 heterocycles. The number of nitrogens with zero attached hydrogens (tertiary/aromatic N) is 1. The molecule has 1 amide bonds. The van der Waals surface area contributed by atoms with Gasteiger partial charge in [-0.15, -0.1) is 0 Å². The summed E-state index contributed by atoms with van der Waals surface area (Å²) in [6.07, 6.45) is 0. The molecule has 7 nitrogen and oxygen atoms in total. The molecule has 0 aliphatic carbocycles. The van der Waals surface area contributed by atoms with Crippen LogP contribution in [0.15, 0.2) is 0 Å². The second-order valence-electron chi connectivity index (χ2n) is 5.06. The van der Waals surface area contributed by atoms with Crippen molar-refractivity contribution in [3.63, 3.8) is 0 Å². The second kappa shape index (κ2) is 9.44. The van der Waals surface area contributed by atoms with E-state index in [2.05, 4.69) is 5.32 Å². The summed E-state index contributed by atoms with van der Waals surface area (Å²) in [6.45, 7) is 5.32. The summed E-state index contributed by atoms with van der Waals surface area (Å²) in [5.41, 5.74) is 0.266. The van der Waals surface area contributed by atoms with Gasteiger partial charge in [0.15, 0.2) is 0 Å². The van der Waals surface area contributed by atoms with Crippen LogP contribution in [0.4, 0.5) is 0 Å². The van der Waals surface area contributed by atoms with Crippen LogP contribution in [-0.2, 0) is 14.3 Å². The molecule has 116 valence electrons. The van der Waals surface area contributed by atoms with E-state index in [1.807, 2.05) is 13.8 Å². The van der Waals surface area contributed by atoms with Gasteiger partial charge in [0.1, 0.15) is 6.61 Å². The van der Waals surface area contributed by atoms with Crippen molar-refractivity contribution in [2.45, 2.75) is 26.8 Å². The van der Waals surface area contributed by atoms with E-state index in [4.69, 9.17) is 15.3 Å². The van der Waals surface area contributed by atoms with Crippen molar-refractivity contribution in [3.05, 3.63) is 0 Å². The van der Waals surface area contributed by atoms with E-state index >= 15 is 0 Å². The molecule has 0 aromatic rings. The molecule has 7 heteroatoms. The largest absolute Gasteiger partial charge is 0.459 e. The third-order valence-corrected chi connectivity index (χ3v) is 2.61. The third-order valence-electron chi connectivity index (χ3n) is 2.61. The normalized spacial score (nSPS) is 12.3. The van der Waals surface area contributed by atoms with Crippen molar-refractivity contribution in [1.82, 2.24) is 10.2 Å². The summed E-state index contributed by atoms with van der Waals surface area (Å²) in [5.74, 6) is -0.691. The van der Waals surface area contributed by atoms with Gasteiger partial charge >= 0.3 is 5.97 Å². The van der Waals surface area contributed by atoms with Crippen LogP contribution in [0.5, 0.6) is 0 Å². The predicted molar refractivity (Wildman–Crippen MR) is 75.7 cm³/mol. The molecule has 1 atom stereocenters. The van der Waals surface area contributed by atoms with Crippen molar-refractivity contribution in [2.24, 2.45) is 5.92 Å². The lowest BCUT2D eigenvalue weighted by Crippen LogP contribution is -2.50. The number of hydrogen-bond acceptors (Lipinski definition) is 6. The molecule has 3 N–H and O–H groups in total. The Kier molecular flexibility index (Phi) is 8.74. The highest BCUT2D eigenvalue weighted by atomic mass is 16.5. The van der Waals surface area contributed by atoms with Crippen LogP contribution in [0.2, 0.25) is 0 Å². The first-order valence-electron chi connectivity index (χ1n) is 6.58. The van der Waals surface area contributed by atoms with Crippen LogP contribution >= 0.6 is 0 Å². The standard InChI is InChI=1S/C13H25N3O4/c1-9(2)12(13(19)15-5-6-17)16(4)7-11(18)20-8-10(3)14/h9,12,14,17H,5-8H2,1-4H3,(H,15,19)/t12-/m0/s1. The fourth-order valence-electron chi connectivity index (χ4n) is 1.83. The Hall–Kier alpha value is -1.47.